The van der Waals surface area contributed by atoms with Crippen LogP contribution in [0.4, 0.5) is 4.39 Å². The van der Waals surface area contributed by atoms with Crippen LogP contribution in [0.2, 0.25) is 0 Å². The molecule has 0 saturated heterocycles. The van der Waals surface area contributed by atoms with Crippen molar-refractivity contribution in [2.45, 2.75) is 25.4 Å². The first-order chi connectivity index (χ1) is 13.1. The summed E-state index contributed by atoms with van der Waals surface area (Å²) in [5.74, 6) is -0.888. The molecule has 0 aliphatic carbocycles. The van der Waals surface area contributed by atoms with Crippen molar-refractivity contribution in [2.24, 2.45) is 0 Å². The number of halogens is 1. The van der Waals surface area contributed by atoms with Crippen LogP contribution in [0.3, 0.4) is 0 Å². The summed E-state index contributed by atoms with van der Waals surface area (Å²) in [5, 5.41) is 7.02. The van der Waals surface area contributed by atoms with E-state index in [9.17, 15) is 14.0 Å². The van der Waals surface area contributed by atoms with Crippen LogP contribution < -0.4 is 5.32 Å². The van der Waals surface area contributed by atoms with Crippen molar-refractivity contribution < 1.29 is 18.5 Å². The molecule has 2 amide bonds. The lowest BCUT2D eigenvalue weighted by atomic mass is 9.93. The lowest BCUT2D eigenvalue weighted by Crippen LogP contribution is -2.52. The summed E-state index contributed by atoms with van der Waals surface area (Å²) in [7, 11) is 1.55. The molecule has 2 aromatic carbocycles. The fourth-order valence-corrected chi connectivity index (χ4v) is 3.52. The van der Waals surface area contributed by atoms with E-state index < -0.39 is 11.9 Å². The molecule has 7 heteroatoms. The van der Waals surface area contributed by atoms with E-state index in [2.05, 4.69) is 10.5 Å². The van der Waals surface area contributed by atoms with E-state index in [0.717, 1.165) is 11.1 Å². The van der Waals surface area contributed by atoms with Gasteiger partial charge in [-0.1, -0.05) is 29.4 Å². The zero-order valence-corrected chi connectivity index (χ0v) is 14.7. The maximum absolute atomic E-state index is 13.5. The first kappa shape index (κ1) is 17.2. The SMILES string of the molecule is CNC(=O)[C@@H]1Cc2ccccc2CN1C(=O)Cc1noc2ccc(F)cc12. The molecule has 0 spiro atoms. The Morgan fingerprint density at radius 2 is 2.04 bits per heavy atom. The second-order valence-corrected chi connectivity index (χ2v) is 6.57. The molecule has 0 bridgehead atoms. The van der Waals surface area contributed by atoms with Gasteiger partial charge in [-0.2, -0.15) is 0 Å². The van der Waals surface area contributed by atoms with Crippen LogP contribution in [0.25, 0.3) is 11.0 Å². The molecule has 27 heavy (non-hydrogen) atoms. The molecule has 4 rings (SSSR count). The van der Waals surface area contributed by atoms with E-state index in [4.69, 9.17) is 4.52 Å². The maximum atomic E-state index is 13.5. The van der Waals surface area contributed by atoms with Crippen molar-refractivity contribution in [1.82, 2.24) is 15.4 Å². The number of aromatic nitrogens is 1. The summed E-state index contributed by atoms with van der Waals surface area (Å²) in [5.41, 5.74) is 2.86. The summed E-state index contributed by atoms with van der Waals surface area (Å²) < 4.78 is 18.7. The zero-order valence-electron chi connectivity index (χ0n) is 14.7. The van der Waals surface area contributed by atoms with Gasteiger partial charge in [0.1, 0.15) is 17.6 Å². The number of nitrogens with zero attached hydrogens (tertiary/aromatic N) is 2. The van der Waals surface area contributed by atoms with E-state index in [1.165, 1.54) is 18.2 Å². The zero-order chi connectivity index (χ0) is 19.0. The van der Waals surface area contributed by atoms with Gasteiger partial charge < -0.3 is 14.7 Å². The molecular formula is C20H18FN3O3. The summed E-state index contributed by atoms with van der Waals surface area (Å²) in [6.45, 7) is 0.344. The van der Waals surface area contributed by atoms with Crippen molar-refractivity contribution >= 4 is 22.8 Å². The van der Waals surface area contributed by atoms with Crippen molar-refractivity contribution in [1.29, 1.82) is 0 Å². The molecule has 6 nitrogen and oxygen atoms in total. The third kappa shape index (κ3) is 3.16. The summed E-state index contributed by atoms with van der Waals surface area (Å²) in [4.78, 5) is 26.9. The largest absolute Gasteiger partial charge is 0.357 e. The highest BCUT2D eigenvalue weighted by molar-refractivity contribution is 5.91. The number of hydrogen-bond acceptors (Lipinski definition) is 4. The first-order valence-corrected chi connectivity index (χ1v) is 8.68. The van der Waals surface area contributed by atoms with Gasteiger partial charge in [0.2, 0.25) is 11.8 Å². The van der Waals surface area contributed by atoms with Crippen molar-refractivity contribution in [3.8, 4) is 0 Å². The molecule has 0 unspecified atom stereocenters. The van der Waals surface area contributed by atoms with Crippen molar-refractivity contribution in [3.05, 3.63) is 65.1 Å². The first-order valence-electron chi connectivity index (χ1n) is 8.68. The van der Waals surface area contributed by atoms with Gasteiger partial charge in [0.15, 0.2) is 5.58 Å². The molecule has 1 aliphatic rings. The molecule has 0 fully saturated rings. The van der Waals surface area contributed by atoms with Crippen molar-refractivity contribution in [2.75, 3.05) is 7.05 Å². The van der Waals surface area contributed by atoms with Gasteiger partial charge in [-0.05, 0) is 29.3 Å². The highest BCUT2D eigenvalue weighted by Crippen LogP contribution is 2.26. The highest BCUT2D eigenvalue weighted by atomic mass is 19.1. The van der Waals surface area contributed by atoms with E-state index in [1.54, 1.807) is 11.9 Å². The Balaban J connectivity index is 1.64. The average Bonchev–Trinajstić information content (AvgIpc) is 3.08. The second-order valence-electron chi connectivity index (χ2n) is 6.57. The van der Waals surface area contributed by atoms with E-state index >= 15 is 0 Å². The number of carbonyl (C=O) groups is 2. The number of likely N-dealkylation sites (N-methyl/N-ethyl adjacent to an activating group) is 1. The fraction of sp³-hybridized carbons (Fsp3) is 0.250. The molecule has 138 valence electrons. The third-order valence-corrected chi connectivity index (χ3v) is 4.94. The van der Waals surface area contributed by atoms with Gasteiger partial charge in [0.05, 0.1) is 6.42 Å². The normalized spacial score (nSPS) is 16.2. The van der Waals surface area contributed by atoms with Crippen LogP contribution in [0.1, 0.15) is 16.8 Å². The van der Waals surface area contributed by atoms with E-state index in [0.29, 0.717) is 29.6 Å². The summed E-state index contributed by atoms with van der Waals surface area (Å²) in [6.07, 6.45) is 0.391. The Hall–Kier alpha value is -3.22. The second kappa shape index (κ2) is 6.83. The number of fused-ring (bicyclic) bond motifs is 2. The van der Waals surface area contributed by atoms with Crippen LogP contribution in [-0.4, -0.2) is 35.0 Å². The molecular weight excluding hydrogens is 349 g/mol. The Labute approximate surface area is 154 Å². The lowest BCUT2D eigenvalue weighted by molar-refractivity contribution is -0.141. The van der Waals surface area contributed by atoms with Gasteiger partial charge in [0, 0.05) is 25.4 Å². The van der Waals surface area contributed by atoms with Crippen LogP contribution in [0.5, 0.6) is 0 Å². The minimum Gasteiger partial charge on any atom is -0.357 e. The van der Waals surface area contributed by atoms with Crippen LogP contribution >= 0.6 is 0 Å². The Morgan fingerprint density at radius 1 is 1.26 bits per heavy atom. The van der Waals surface area contributed by atoms with Crippen LogP contribution in [0, 0.1) is 5.82 Å². The predicted octanol–water partition coefficient (Wildman–Crippen LogP) is 2.21. The van der Waals surface area contributed by atoms with E-state index in [-0.39, 0.29) is 18.2 Å². The molecule has 0 saturated carbocycles. The molecule has 1 aliphatic heterocycles. The number of nitrogens with one attached hydrogen (secondary N) is 1. The minimum atomic E-state index is -0.590. The molecule has 1 atom stereocenters. The van der Waals surface area contributed by atoms with E-state index in [1.807, 2.05) is 24.3 Å². The fourth-order valence-electron chi connectivity index (χ4n) is 3.52. The number of amides is 2. The van der Waals surface area contributed by atoms with Crippen molar-refractivity contribution in [3.63, 3.8) is 0 Å². The Morgan fingerprint density at radius 3 is 2.81 bits per heavy atom. The summed E-state index contributed by atoms with van der Waals surface area (Å²) >= 11 is 0. The number of rotatable bonds is 3. The molecule has 0 radical (unpaired) electrons. The lowest BCUT2D eigenvalue weighted by Gasteiger charge is -2.35. The third-order valence-electron chi connectivity index (χ3n) is 4.94. The Bertz CT molecular complexity index is 1030. The standard InChI is InChI=1S/C20H18FN3O3/c1-22-20(26)17-8-12-4-2-3-5-13(12)11-24(17)19(25)10-16-15-9-14(21)6-7-18(15)27-23-16/h2-7,9,17H,8,10-11H2,1H3,(H,22,26)/t17-/m0/s1. The molecule has 1 aromatic heterocycles. The monoisotopic (exact) mass is 367 g/mol. The minimum absolute atomic E-state index is 0.0634. The number of benzene rings is 2. The maximum Gasteiger partial charge on any atom is 0.242 e. The predicted molar refractivity (Wildman–Crippen MR) is 96.2 cm³/mol. The summed E-state index contributed by atoms with van der Waals surface area (Å²) in [6, 6.07) is 11.2. The van der Waals surface area contributed by atoms with Gasteiger partial charge in [-0.25, -0.2) is 4.39 Å². The average molecular weight is 367 g/mol. The van der Waals surface area contributed by atoms with Gasteiger partial charge in [0.25, 0.3) is 0 Å². The van der Waals surface area contributed by atoms with Crippen LogP contribution in [-0.2, 0) is 29.0 Å². The van der Waals surface area contributed by atoms with Gasteiger partial charge >= 0.3 is 0 Å². The smallest absolute Gasteiger partial charge is 0.242 e. The molecule has 3 aromatic rings. The number of carbonyl (C=O) groups excluding carboxylic acids is 2. The number of hydrogen-bond donors (Lipinski definition) is 1. The van der Waals surface area contributed by atoms with Gasteiger partial charge in [-0.15, -0.1) is 0 Å². The molecule has 2 heterocycles. The Kier molecular flexibility index (Phi) is 4.35. The van der Waals surface area contributed by atoms with Crippen LogP contribution in [0.15, 0.2) is 47.0 Å². The quantitative estimate of drug-likeness (QED) is 0.770. The van der Waals surface area contributed by atoms with Gasteiger partial charge in [-0.3, -0.25) is 9.59 Å². The molecule has 1 N–H and O–H groups in total. The topological polar surface area (TPSA) is 75.4 Å². The highest BCUT2D eigenvalue weighted by Gasteiger charge is 2.34.